The molecule has 2 aromatic heterocycles. The molecule has 0 aliphatic rings. The SMILES string of the molecule is CCn1cc(Br)cc1C(=O)NCCCc1ncn[nH]1. The molecule has 0 aromatic carbocycles. The fraction of sp³-hybridized carbons (Fsp3) is 0.417. The predicted octanol–water partition coefficient (Wildman–Crippen LogP) is 1.75. The normalized spacial score (nSPS) is 10.6. The molecule has 2 rings (SSSR count). The third-order valence-corrected chi connectivity index (χ3v) is 3.21. The largest absolute Gasteiger partial charge is 0.351 e. The maximum absolute atomic E-state index is 12.0. The molecule has 0 saturated carbocycles. The van der Waals surface area contributed by atoms with Gasteiger partial charge in [0.05, 0.1) is 0 Å². The van der Waals surface area contributed by atoms with Crippen molar-refractivity contribution in [3.8, 4) is 0 Å². The Kier molecular flexibility index (Phi) is 4.73. The first-order chi connectivity index (χ1) is 9.20. The second-order valence-electron chi connectivity index (χ2n) is 4.12. The van der Waals surface area contributed by atoms with Gasteiger partial charge in [-0.25, -0.2) is 4.98 Å². The fourth-order valence-electron chi connectivity index (χ4n) is 1.83. The zero-order valence-electron chi connectivity index (χ0n) is 10.7. The van der Waals surface area contributed by atoms with Gasteiger partial charge in [-0.15, -0.1) is 0 Å². The monoisotopic (exact) mass is 325 g/mol. The molecule has 0 saturated heterocycles. The Bertz CT molecular complexity index is 534. The van der Waals surface area contributed by atoms with Crippen LogP contribution in [0.15, 0.2) is 23.1 Å². The van der Waals surface area contributed by atoms with Gasteiger partial charge >= 0.3 is 0 Å². The average Bonchev–Trinajstić information content (AvgIpc) is 3.03. The molecule has 19 heavy (non-hydrogen) atoms. The van der Waals surface area contributed by atoms with Crippen LogP contribution in [0.5, 0.6) is 0 Å². The smallest absolute Gasteiger partial charge is 0.267 e. The Balaban J connectivity index is 1.80. The lowest BCUT2D eigenvalue weighted by molar-refractivity contribution is 0.0944. The van der Waals surface area contributed by atoms with Crippen molar-refractivity contribution in [3.63, 3.8) is 0 Å². The minimum Gasteiger partial charge on any atom is -0.351 e. The van der Waals surface area contributed by atoms with Gasteiger partial charge in [-0.3, -0.25) is 9.89 Å². The second-order valence-corrected chi connectivity index (χ2v) is 5.04. The van der Waals surface area contributed by atoms with Crippen molar-refractivity contribution in [3.05, 3.63) is 34.6 Å². The highest BCUT2D eigenvalue weighted by Crippen LogP contribution is 2.14. The Morgan fingerprint density at radius 2 is 2.42 bits per heavy atom. The lowest BCUT2D eigenvalue weighted by atomic mass is 10.3. The minimum atomic E-state index is -0.0508. The summed E-state index contributed by atoms with van der Waals surface area (Å²) in [5, 5.41) is 9.48. The molecule has 0 bridgehead atoms. The van der Waals surface area contributed by atoms with Crippen LogP contribution in [-0.4, -0.2) is 32.2 Å². The topological polar surface area (TPSA) is 75.6 Å². The maximum atomic E-state index is 12.0. The second kappa shape index (κ2) is 6.51. The van der Waals surface area contributed by atoms with Crippen LogP contribution in [-0.2, 0) is 13.0 Å². The van der Waals surface area contributed by atoms with Crippen LogP contribution in [0.1, 0.15) is 29.7 Å². The van der Waals surface area contributed by atoms with Gasteiger partial charge in [0.25, 0.3) is 5.91 Å². The molecule has 0 unspecified atom stereocenters. The quantitative estimate of drug-likeness (QED) is 0.794. The average molecular weight is 326 g/mol. The van der Waals surface area contributed by atoms with Crippen molar-refractivity contribution in [2.45, 2.75) is 26.3 Å². The summed E-state index contributed by atoms with van der Waals surface area (Å²) in [7, 11) is 0. The van der Waals surface area contributed by atoms with Crippen LogP contribution in [0.3, 0.4) is 0 Å². The van der Waals surface area contributed by atoms with Gasteiger partial charge in [-0.1, -0.05) is 0 Å². The first-order valence-corrected chi connectivity index (χ1v) is 6.98. The van der Waals surface area contributed by atoms with Gasteiger partial charge in [-0.2, -0.15) is 5.10 Å². The Morgan fingerprint density at radius 1 is 1.58 bits per heavy atom. The van der Waals surface area contributed by atoms with Gasteiger partial charge in [0, 0.05) is 30.2 Å². The zero-order chi connectivity index (χ0) is 13.7. The van der Waals surface area contributed by atoms with Crippen molar-refractivity contribution < 1.29 is 4.79 Å². The first kappa shape index (κ1) is 13.8. The third-order valence-electron chi connectivity index (χ3n) is 2.78. The fourth-order valence-corrected chi connectivity index (χ4v) is 2.29. The lowest BCUT2D eigenvalue weighted by Crippen LogP contribution is -2.27. The van der Waals surface area contributed by atoms with E-state index in [0.29, 0.717) is 12.2 Å². The van der Waals surface area contributed by atoms with Crippen LogP contribution in [0.2, 0.25) is 0 Å². The number of nitrogens with zero attached hydrogens (tertiary/aromatic N) is 3. The molecule has 0 aliphatic heterocycles. The summed E-state index contributed by atoms with van der Waals surface area (Å²) in [6.45, 7) is 3.39. The number of rotatable bonds is 6. The van der Waals surface area contributed by atoms with Crippen molar-refractivity contribution in [1.82, 2.24) is 25.1 Å². The first-order valence-electron chi connectivity index (χ1n) is 6.18. The van der Waals surface area contributed by atoms with Gasteiger partial charge in [0.15, 0.2) is 0 Å². The highest BCUT2D eigenvalue weighted by molar-refractivity contribution is 9.10. The van der Waals surface area contributed by atoms with E-state index in [1.807, 2.05) is 23.8 Å². The summed E-state index contributed by atoms with van der Waals surface area (Å²) >= 11 is 3.38. The molecular weight excluding hydrogens is 310 g/mol. The molecule has 0 spiro atoms. The molecule has 2 heterocycles. The molecule has 0 atom stereocenters. The van der Waals surface area contributed by atoms with Crippen LogP contribution in [0.4, 0.5) is 0 Å². The van der Waals surface area contributed by atoms with E-state index in [4.69, 9.17) is 0 Å². The van der Waals surface area contributed by atoms with Crippen LogP contribution < -0.4 is 5.32 Å². The van der Waals surface area contributed by atoms with Crippen molar-refractivity contribution >= 4 is 21.8 Å². The Hall–Kier alpha value is -1.63. The van der Waals surface area contributed by atoms with Gasteiger partial charge in [0.1, 0.15) is 17.8 Å². The third kappa shape index (κ3) is 3.66. The van der Waals surface area contributed by atoms with E-state index in [9.17, 15) is 4.79 Å². The number of aryl methyl sites for hydroxylation is 2. The number of aromatic nitrogens is 4. The summed E-state index contributed by atoms with van der Waals surface area (Å²) in [5.41, 5.74) is 0.675. The lowest BCUT2D eigenvalue weighted by Gasteiger charge is -2.07. The number of aromatic amines is 1. The Labute approximate surface area is 119 Å². The van der Waals surface area contributed by atoms with Crippen molar-refractivity contribution in [2.24, 2.45) is 0 Å². The summed E-state index contributed by atoms with van der Waals surface area (Å²) in [6, 6.07) is 1.83. The number of nitrogens with one attached hydrogen (secondary N) is 2. The van der Waals surface area contributed by atoms with Crippen molar-refractivity contribution in [2.75, 3.05) is 6.54 Å². The van der Waals surface area contributed by atoms with Crippen LogP contribution >= 0.6 is 15.9 Å². The molecule has 1 amide bonds. The standard InChI is InChI=1S/C12H16BrN5O/c1-2-18-7-9(13)6-10(18)12(19)14-5-3-4-11-15-8-16-17-11/h6-8H,2-5H2,1H3,(H,14,19)(H,15,16,17). The minimum absolute atomic E-state index is 0.0508. The number of amides is 1. The molecule has 6 nitrogen and oxygen atoms in total. The molecule has 7 heteroatoms. The molecule has 0 radical (unpaired) electrons. The zero-order valence-corrected chi connectivity index (χ0v) is 12.3. The number of H-pyrrole nitrogens is 1. The van der Waals surface area contributed by atoms with Gasteiger partial charge in [-0.05, 0) is 35.3 Å². The van der Waals surface area contributed by atoms with Gasteiger partial charge < -0.3 is 9.88 Å². The highest BCUT2D eigenvalue weighted by Gasteiger charge is 2.11. The Morgan fingerprint density at radius 3 is 3.11 bits per heavy atom. The highest BCUT2D eigenvalue weighted by atomic mass is 79.9. The van der Waals surface area contributed by atoms with E-state index in [0.717, 1.165) is 29.7 Å². The van der Waals surface area contributed by atoms with Crippen LogP contribution in [0.25, 0.3) is 0 Å². The van der Waals surface area contributed by atoms with E-state index >= 15 is 0 Å². The summed E-state index contributed by atoms with van der Waals surface area (Å²) in [6.07, 6.45) is 5.00. The molecule has 0 fully saturated rings. The summed E-state index contributed by atoms with van der Waals surface area (Å²) in [5.74, 6) is 0.791. The predicted molar refractivity (Wildman–Crippen MR) is 74.8 cm³/mol. The molecule has 2 N–H and O–H groups in total. The maximum Gasteiger partial charge on any atom is 0.267 e. The number of halogens is 1. The van der Waals surface area contributed by atoms with Crippen LogP contribution in [0, 0.1) is 0 Å². The number of hydrogen-bond donors (Lipinski definition) is 2. The summed E-state index contributed by atoms with van der Waals surface area (Å²) in [4.78, 5) is 16.0. The molecule has 102 valence electrons. The van der Waals surface area contributed by atoms with E-state index in [1.165, 1.54) is 6.33 Å². The van der Waals surface area contributed by atoms with E-state index < -0.39 is 0 Å². The van der Waals surface area contributed by atoms with E-state index in [2.05, 4.69) is 36.4 Å². The van der Waals surface area contributed by atoms with E-state index in [-0.39, 0.29) is 5.91 Å². The number of carbonyl (C=O) groups is 1. The molecule has 0 aliphatic carbocycles. The number of carbonyl (C=O) groups excluding carboxylic acids is 1. The van der Waals surface area contributed by atoms with Gasteiger partial charge in [0.2, 0.25) is 0 Å². The number of hydrogen-bond acceptors (Lipinski definition) is 3. The van der Waals surface area contributed by atoms with Crippen molar-refractivity contribution in [1.29, 1.82) is 0 Å². The van der Waals surface area contributed by atoms with E-state index in [1.54, 1.807) is 0 Å². The summed E-state index contributed by atoms with van der Waals surface area (Å²) < 4.78 is 2.83. The molecular formula is C12H16BrN5O. The molecule has 2 aromatic rings.